The third kappa shape index (κ3) is 5.64. The van der Waals surface area contributed by atoms with E-state index in [1.807, 2.05) is 25.1 Å². The fraction of sp³-hybridized carbons (Fsp3) is 0.435. The number of ether oxygens (including phenoxy) is 1. The standard InChI is InChI=1S/C23H29ClFN3O2/c1-16(26-23(29)9-5-17-4-8-22(30-3)20(24)14-17)19-15-18(25)6-7-21(19)28-12-10-27(2)11-13-28/h4,6-8,14-16H,5,9-13H2,1-3H3,(H,26,29). The number of carbonyl (C=O) groups excluding carboxylic acids is 1. The fourth-order valence-electron chi connectivity index (χ4n) is 3.72. The van der Waals surface area contributed by atoms with E-state index >= 15 is 0 Å². The van der Waals surface area contributed by atoms with Crippen molar-refractivity contribution in [1.82, 2.24) is 10.2 Å². The normalized spacial score (nSPS) is 15.7. The van der Waals surface area contributed by atoms with Crippen molar-refractivity contribution in [3.63, 3.8) is 0 Å². The molecule has 0 radical (unpaired) electrons. The molecule has 1 heterocycles. The van der Waals surface area contributed by atoms with Crippen LogP contribution >= 0.6 is 11.6 Å². The van der Waals surface area contributed by atoms with Crippen molar-refractivity contribution in [2.45, 2.75) is 25.8 Å². The zero-order valence-corrected chi connectivity index (χ0v) is 18.5. The number of carbonyl (C=O) groups is 1. The predicted molar refractivity (Wildman–Crippen MR) is 119 cm³/mol. The van der Waals surface area contributed by atoms with Gasteiger partial charge in [-0.3, -0.25) is 4.79 Å². The van der Waals surface area contributed by atoms with E-state index in [1.165, 1.54) is 12.1 Å². The van der Waals surface area contributed by atoms with Crippen molar-refractivity contribution < 1.29 is 13.9 Å². The average molecular weight is 434 g/mol. The first kappa shape index (κ1) is 22.4. The second-order valence-corrected chi connectivity index (χ2v) is 8.16. The van der Waals surface area contributed by atoms with E-state index in [-0.39, 0.29) is 17.8 Å². The maximum Gasteiger partial charge on any atom is 0.220 e. The molecule has 1 atom stereocenters. The summed E-state index contributed by atoms with van der Waals surface area (Å²) in [7, 11) is 3.67. The molecule has 2 aromatic carbocycles. The summed E-state index contributed by atoms with van der Waals surface area (Å²) in [5.74, 6) is 0.237. The molecule has 1 N–H and O–H groups in total. The van der Waals surface area contributed by atoms with Crippen molar-refractivity contribution in [1.29, 1.82) is 0 Å². The van der Waals surface area contributed by atoms with Gasteiger partial charge < -0.3 is 19.9 Å². The van der Waals surface area contributed by atoms with Crippen LogP contribution in [0.3, 0.4) is 0 Å². The van der Waals surface area contributed by atoms with Crippen molar-refractivity contribution in [3.8, 4) is 5.75 Å². The third-order valence-electron chi connectivity index (χ3n) is 5.53. The molecule has 30 heavy (non-hydrogen) atoms. The van der Waals surface area contributed by atoms with Crippen molar-refractivity contribution >= 4 is 23.2 Å². The summed E-state index contributed by atoms with van der Waals surface area (Å²) < 4.78 is 19.1. The van der Waals surface area contributed by atoms with E-state index in [0.717, 1.165) is 43.0 Å². The molecule has 0 bridgehead atoms. The Morgan fingerprint density at radius 2 is 1.93 bits per heavy atom. The zero-order valence-electron chi connectivity index (χ0n) is 17.8. The number of rotatable bonds is 7. The van der Waals surface area contributed by atoms with Gasteiger partial charge in [-0.2, -0.15) is 0 Å². The molecule has 3 rings (SSSR count). The van der Waals surface area contributed by atoms with Gasteiger partial charge in [0.25, 0.3) is 0 Å². The number of piperazine rings is 1. The first-order chi connectivity index (χ1) is 14.4. The summed E-state index contributed by atoms with van der Waals surface area (Å²) >= 11 is 6.16. The van der Waals surface area contributed by atoms with Crippen LogP contribution in [0.2, 0.25) is 5.02 Å². The summed E-state index contributed by atoms with van der Waals surface area (Å²) in [6, 6.07) is 10.1. The lowest BCUT2D eigenvalue weighted by Crippen LogP contribution is -2.45. The van der Waals surface area contributed by atoms with E-state index in [0.29, 0.717) is 23.6 Å². The number of likely N-dealkylation sites (N-methyl/N-ethyl adjacent to an activating group) is 1. The van der Waals surface area contributed by atoms with Gasteiger partial charge in [-0.25, -0.2) is 4.39 Å². The summed E-state index contributed by atoms with van der Waals surface area (Å²) in [6.07, 6.45) is 0.892. The third-order valence-corrected chi connectivity index (χ3v) is 5.83. The van der Waals surface area contributed by atoms with E-state index < -0.39 is 0 Å². The maximum absolute atomic E-state index is 14.0. The smallest absolute Gasteiger partial charge is 0.220 e. The number of amides is 1. The number of nitrogens with zero attached hydrogens (tertiary/aromatic N) is 2. The van der Waals surface area contributed by atoms with Gasteiger partial charge in [0.05, 0.1) is 18.2 Å². The highest BCUT2D eigenvalue weighted by Gasteiger charge is 2.21. The molecule has 5 nitrogen and oxygen atoms in total. The topological polar surface area (TPSA) is 44.8 Å². The second-order valence-electron chi connectivity index (χ2n) is 7.75. The van der Waals surface area contributed by atoms with Gasteiger partial charge in [0, 0.05) is 43.9 Å². The fourth-order valence-corrected chi connectivity index (χ4v) is 4.00. The quantitative estimate of drug-likeness (QED) is 0.715. The summed E-state index contributed by atoms with van der Waals surface area (Å²) in [4.78, 5) is 17.1. The Labute approximate surface area is 182 Å². The van der Waals surface area contributed by atoms with Crippen LogP contribution in [-0.2, 0) is 11.2 Å². The Morgan fingerprint density at radius 3 is 2.60 bits per heavy atom. The van der Waals surface area contributed by atoms with E-state index in [1.54, 1.807) is 13.2 Å². The van der Waals surface area contributed by atoms with Gasteiger partial charge in [-0.15, -0.1) is 0 Å². The van der Waals surface area contributed by atoms with Crippen LogP contribution in [0.5, 0.6) is 5.75 Å². The Balaban J connectivity index is 1.63. The van der Waals surface area contributed by atoms with E-state index in [2.05, 4.69) is 22.2 Å². The van der Waals surface area contributed by atoms with Crippen LogP contribution in [0.1, 0.15) is 30.5 Å². The van der Waals surface area contributed by atoms with Crippen molar-refractivity contribution in [2.24, 2.45) is 0 Å². The SMILES string of the molecule is COc1ccc(CCC(=O)NC(C)c2cc(F)ccc2N2CCN(C)CC2)cc1Cl. The van der Waals surface area contributed by atoms with Crippen molar-refractivity contribution in [3.05, 3.63) is 58.4 Å². The number of hydrogen-bond acceptors (Lipinski definition) is 4. The highest BCUT2D eigenvalue weighted by Crippen LogP contribution is 2.29. The number of anilines is 1. The lowest BCUT2D eigenvalue weighted by atomic mass is 10.0. The van der Waals surface area contributed by atoms with Gasteiger partial charge in [-0.05, 0) is 56.3 Å². The zero-order chi connectivity index (χ0) is 21.7. The van der Waals surface area contributed by atoms with Gasteiger partial charge in [0.1, 0.15) is 11.6 Å². The number of halogens is 2. The minimum absolute atomic E-state index is 0.0805. The molecule has 1 amide bonds. The minimum atomic E-state index is -0.295. The van der Waals surface area contributed by atoms with Gasteiger partial charge in [0.2, 0.25) is 5.91 Å². The maximum atomic E-state index is 14.0. The minimum Gasteiger partial charge on any atom is -0.495 e. The number of nitrogens with one attached hydrogen (secondary N) is 1. The Hall–Kier alpha value is -2.31. The molecule has 0 aromatic heterocycles. The highest BCUT2D eigenvalue weighted by molar-refractivity contribution is 6.32. The van der Waals surface area contributed by atoms with E-state index in [9.17, 15) is 9.18 Å². The second kappa shape index (κ2) is 10.1. The Morgan fingerprint density at radius 1 is 1.20 bits per heavy atom. The molecule has 162 valence electrons. The molecule has 1 unspecified atom stereocenters. The summed E-state index contributed by atoms with van der Waals surface area (Å²) in [5.41, 5.74) is 2.76. The number of aryl methyl sites for hydroxylation is 1. The first-order valence-corrected chi connectivity index (χ1v) is 10.6. The number of methoxy groups -OCH3 is 1. The van der Waals surface area contributed by atoms with Crippen LogP contribution in [-0.4, -0.2) is 51.1 Å². The molecule has 1 aliphatic heterocycles. The largest absolute Gasteiger partial charge is 0.495 e. The monoisotopic (exact) mass is 433 g/mol. The number of hydrogen-bond donors (Lipinski definition) is 1. The summed E-state index contributed by atoms with van der Waals surface area (Å²) in [5, 5.41) is 3.55. The van der Waals surface area contributed by atoms with Crippen LogP contribution in [0.15, 0.2) is 36.4 Å². The molecule has 0 aliphatic carbocycles. The van der Waals surface area contributed by atoms with Crippen LogP contribution in [0.4, 0.5) is 10.1 Å². The van der Waals surface area contributed by atoms with Crippen LogP contribution < -0.4 is 15.0 Å². The van der Waals surface area contributed by atoms with Gasteiger partial charge in [-0.1, -0.05) is 17.7 Å². The lowest BCUT2D eigenvalue weighted by molar-refractivity contribution is -0.121. The Kier molecular flexibility index (Phi) is 7.56. The Bertz CT molecular complexity index is 885. The molecule has 0 spiro atoms. The molecule has 2 aromatic rings. The molecular formula is C23H29ClFN3O2. The molecule has 1 aliphatic rings. The predicted octanol–water partition coefficient (Wildman–Crippen LogP) is 4.05. The first-order valence-electron chi connectivity index (χ1n) is 10.2. The van der Waals surface area contributed by atoms with Crippen molar-refractivity contribution in [2.75, 3.05) is 45.2 Å². The van der Waals surface area contributed by atoms with Gasteiger partial charge in [0.15, 0.2) is 0 Å². The van der Waals surface area contributed by atoms with Crippen LogP contribution in [0.25, 0.3) is 0 Å². The average Bonchev–Trinajstić information content (AvgIpc) is 2.73. The summed E-state index contributed by atoms with van der Waals surface area (Å²) in [6.45, 7) is 5.59. The number of benzene rings is 2. The van der Waals surface area contributed by atoms with Gasteiger partial charge >= 0.3 is 0 Å². The van der Waals surface area contributed by atoms with E-state index in [4.69, 9.17) is 16.3 Å². The van der Waals surface area contributed by atoms with Crippen LogP contribution in [0, 0.1) is 5.82 Å². The molecule has 1 fully saturated rings. The molecule has 0 saturated carbocycles. The molecule has 7 heteroatoms. The molecule has 1 saturated heterocycles. The molecular weight excluding hydrogens is 405 g/mol. The lowest BCUT2D eigenvalue weighted by Gasteiger charge is -2.36. The highest BCUT2D eigenvalue weighted by atomic mass is 35.5.